The normalized spacial score (nSPS) is 15.6. The van der Waals surface area contributed by atoms with Crippen LogP contribution in [-0.2, 0) is 19.3 Å². The fraction of sp³-hybridized carbons (Fsp3) is 0.462. The molecule has 5 aromatic carbocycles. The predicted octanol–water partition coefficient (Wildman–Crippen LogP) is 6.66. The van der Waals surface area contributed by atoms with Gasteiger partial charge in [-0.3, -0.25) is 4.79 Å². The second kappa shape index (κ2) is 36.2. The van der Waals surface area contributed by atoms with E-state index in [1.54, 1.807) is 12.1 Å². The summed E-state index contributed by atoms with van der Waals surface area (Å²) in [5.41, 5.74) is 9.98. The highest BCUT2D eigenvalue weighted by atomic mass is 16.5. The fourth-order valence-corrected chi connectivity index (χ4v) is 8.32. The third-order valence-electron chi connectivity index (χ3n) is 13.0. The maximum Gasteiger partial charge on any atom is 0.252 e. The number of primary amides is 1. The molecular formula is C65H94N6O12. The summed E-state index contributed by atoms with van der Waals surface area (Å²) in [6.07, 6.45) is 2.40. The molecule has 0 radical (unpaired) electrons. The Bertz CT molecular complexity index is 2790. The van der Waals surface area contributed by atoms with E-state index >= 15 is 0 Å². The van der Waals surface area contributed by atoms with Crippen molar-refractivity contribution >= 4 is 16.8 Å². The Morgan fingerprint density at radius 3 is 1.84 bits per heavy atom. The molecule has 1 heterocycles. The number of hydrogen-bond acceptors (Lipinski definition) is 16. The van der Waals surface area contributed by atoms with Crippen molar-refractivity contribution in [3.63, 3.8) is 0 Å². The van der Waals surface area contributed by atoms with Crippen molar-refractivity contribution in [3.8, 4) is 28.7 Å². The zero-order chi connectivity index (χ0) is 60.9. The van der Waals surface area contributed by atoms with Gasteiger partial charge in [-0.15, -0.1) is 0 Å². The Labute approximate surface area is 491 Å². The van der Waals surface area contributed by atoms with Gasteiger partial charge in [0.2, 0.25) is 0 Å². The molecule has 1 aromatic heterocycles. The number of aromatic hydroxyl groups is 1. The number of carbonyl (C=O) groups is 1. The van der Waals surface area contributed by atoms with Crippen LogP contribution in [0.2, 0.25) is 0 Å². The van der Waals surface area contributed by atoms with Crippen LogP contribution in [0, 0.1) is 0 Å². The number of H-pyrrole nitrogens is 1. The average Bonchev–Trinajstić information content (AvgIpc) is 4.11. The number of aromatic amines is 1. The number of fused-ring (bicyclic) bond motifs is 2. The van der Waals surface area contributed by atoms with Crippen LogP contribution in [0.3, 0.4) is 0 Å². The topological polar surface area (TPSA) is 286 Å². The van der Waals surface area contributed by atoms with Gasteiger partial charge in [-0.1, -0.05) is 107 Å². The fourth-order valence-electron chi connectivity index (χ4n) is 8.32. The lowest BCUT2D eigenvalue weighted by Crippen LogP contribution is -2.42. The van der Waals surface area contributed by atoms with Crippen LogP contribution in [0.15, 0.2) is 134 Å². The van der Waals surface area contributed by atoms with E-state index in [2.05, 4.69) is 51.9 Å². The minimum absolute atomic E-state index is 0.0173. The lowest BCUT2D eigenvalue weighted by atomic mass is 9.87. The summed E-state index contributed by atoms with van der Waals surface area (Å²) >= 11 is 0. The molecule has 18 nitrogen and oxygen atoms in total. The number of ether oxygens (including phenoxy) is 4. The first kappa shape index (κ1) is 68.9. The molecule has 456 valence electrons. The Balaban J connectivity index is 0.000000239. The molecular weight excluding hydrogens is 1060 g/mol. The zero-order valence-corrected chi connectivity index (χ0v) is 49.8. The number of rotatable bonds is 28. The quantitative estimate of drug-likeness (QED) is 0.0229. The van der Waals surface area contributed by atoms with E-state index in [9.17, 15) is 40.5 Å². The standard InChI is InChI=1S/C19H24N2O3.C17H27NO4.C15H23NO3.C14H20N2O2/c1-13(7-8-14-5-3-2-4-6-14)21-12-18(23)15-9-10-17(22)16(11-15)19(20)24;1-17(2,3)18-9-12(19)10-22-16-6-4-5-11-7-14(20)15(21)8-13(11)16;1-4-9-18-14-7-5-6-8-15(14)19-11-13(17)10-16-12(2)3;1-10(2)16-8-11(17)9-18-14-5-3-4-13-12(14)6-7-15-13/h2-6,9-11,13,18,21-23H,7-8,12H2,1H3,(H2,20,24);4-6,12,14-15,18-21H,7-10H2,1-3H3;4-8,12-13,16-17H,1,9-11H2,2-3H3;3-7,10-11,15-17H,8-9H2,1-2H3/t;12?,14-,15+;;/m.1../s1. The second-order valence-corrected chi connectivity index (χ2v) is 22.3. The van der Waals surface area contributed by atoms with E-state index in [4.69, 9.17) is 24.7 Å². The molecule has 5 unspecified atom stereocenters. The molecule has 1 amide bonds. The number of amides is 1. The number of aryl methyl sites for hydroxylation is 1. The van der Waals surface area contributed by atoms with Crippen LogP contribution in [0.1, 0.15) is 101 Å². The molecule has 0 aliphatic heterocycles. The summed E-state index contributed by atoms with van der Waals surface area (Å²) in [5.74, 6) is 1.88. The molecule has 83 heavy (non-hydrogen) atoms. The molecule has 7 atom stereocenters. The molecule has 0 fully saturated rings. The smallest absolute Gasteiger partial charge is 0.252 e. The lowest BCUT2D eigenvalue weighted by Gasteiger charge is -2.28. The Morgan fingerprint density at radius 1 is 0.675 bits per heavy atom. The van der Waals surface area contributed by atoms with Gasteiger partial charge in [0.1, 0.15) is 62.0 Å². The highest BCUT2D eigenvalue weighted by molar-refractivity contribution is 5.95. The first-order valence-corrected chi connectivity index (χ1v) is 28.6. The van der Waals surface area contributed by atoms with Crippen molar-refractivity contribution in [2.75, 3.05) is 52.6 Å². The molecule has 0 spiro atoms. The van der Waals surface area contributed by atoms with Gasteiger partial charge in [-0.25, -0.2) is 0 Å². The lowest BCUT2D eigenvalue weighted by molar-refractivity contribution is 0.0132. The van der Waals surface area contributed by atoms with E-state index in [1.807, 2.05) is 140 Å². The number of benzene rings is 5. The largest absolute Gasteiger partial charge is 0.507 e. The summed E-state index contributed by atoms with van der Waals surface area (Å²) in [6, 6.07) is 36.5. The Morgan fingerprint density at radius 2 is 1.23 bits per heavy atom. The van der Waals surface area contributed by atoms with Gasteiger partial charge < -0.3 is 86.7 Å². The zero-order valence-electron chi connectivity index (χ0n) is 49.8. The van der Waals surface area contributed by atoms with Crippen molar-refractivity contribution in [2.24, 2.45) is 5.73 Å². The minimum Gasteiger partial charge on any atom is -0.507 e. The van der Waals surface area contributed by atoms with E-state index in [0.717, 1.165) is 40.6 Å². The molecule has 1 aliphatic rings. The van der Waals surface area contributed by atoms with Crippen molar-refractivity contribution in [1.82, 2.24) is 26.3 Å². The van der Waals surface area contributed by atoms with Crippen LogP contribution in [0.4, 0.5) is 0 Å². The van der Waals surface area contributed by atoms with Gasteiger partial charge in [0.25, 0.3) is 5.91 Å². The van der Waals surface area contributed by atoms with E-state index in [1.165, 1.54) is 17.7 Å². The first-order chi connectivity index (χ1) is 39.5. The minimum atomic E-state index is -0.775. The number of aromatic nitrogens is 1. The van der Waals surface area contributed by atoms with Gasteiger partial charge in [0, 0.05) is 85.3 Å². The van der Waals surface area contributed by atoms with Gasteiger partial charge in [-0.2, -0.15) is 0 Å². The summed E-state index contributed by atoms with van der Waals surface area (Å²) in [5, 5.41) is 82.9. The molecule has 6 aromatic rings. The van der Waals surface area contributed by atoms with Crippen LogP contribution >= 0.6 is 0 Å². The molecule has 1 aliphatic carbocycles. The summed E-state index contributed by atoms with van der Waals surface area (Å²) in [7, 11) is 0. The number of carbonyl (C=O) groups excluding carboxylic acids is 1. The van der Waals surface area contributed by atoms with Crippen molar-refractivity contribution in [1.29, 1.82) is 0 Å². The van der Waals surface area contributed by atoms with Crippen LogP contribution < -0.4 is 45.9 Å². The first-order valence-electron chi connectivity index (χ1n) is 28.6. The summed E-state index contributed by atoms with van der Waals surface area (Å²) in [6.45, 7) is 23.0. The van der Waals surface area contributed by atoms with Gasteiger partial charge in [-0.05, 0) is 106 Å². The highest BCUT2D eigenvalue weighted by Crippen LogP contribution is 2.31. The monoisotopic (exact) mass is 1150 g/mol. The number of phenols is 1. The number of hydrogen-bond donors (Lipinski definition) is 13. The second-order valence-electron chi connectivity index (χ2n) is 22.3. The molecule has 0 bridgehead atoms. The highest BCUT2D eigenvalue weighted by Gasteiger charge is 2.27. The third kappa shape index (κ3) is 26.3. The third-order valence-corrected chi connectivity index (χ3v) is 13.0. The van der Waals surface area contributed by atoms with E-state index in [-0.39, 0.29) is 36.1 Å². The van der Waals surface area contributed by atoms with Crippen molar-refractivity contribution < 1.29 is 59.5 Å². The average molecular weight is 1150 g/mol. The maximum absolute atomic E-state index is 11.2. The molecule has 7 rings (SSSR count). The summed E-state index contributed by atoms with van der Waals surface area (Å²) in [4.78, 5) is 14.4. The van der Waals surface area contributed by atoms with Crippen LogP contribution in [-0.4, -0.2) is 153 Å². The number of nitrogens with two attached hydrogens (primary N) is 1. The molecule has 0 saturated carbocycles. The summed E-state index contributed by atoms with van der Waals surface area (Å²) < 4.78 is 22.4. The van der Waals surface area contributed by atoms with Gasteiger partial charge in [0.15, 0.2) is 11.5 Å². The molecule has 14 N–H and O–H groups in total. The predicted molar refractivity (Wildman–Crippen MR) is 329 cm³/mol. The van der Waals surface area contributed by atoms with E-state index < -0.39 is 42.5 Å². The van der Waals surface area contributed by atoms with Crippen molar-refractivity contribution in [2.45, 2.75) is 141 Å². The molecule has 18 heteroatoms. The van der Waals surface area contributed by atoms with Gasteiger partial charge in [0.05, 0.1) is 23.9 Å². The number of nitrogens with one attached hydrogen (secondary N) is 5. The van der Waals surface area contributed by atoms with E-state index in [0.29, 0.717) is 87.1 Å². The van der Waals surface area contributed by atoms with Gasteiger partial charge >= 0.3 is 0 Å². The number of aliphatic hydroxyl groups excluding tert-OH is 6. The maximum atomic E-state index is 11.2. The van der Waals surface area contributed by atoms with Crippen LogP contribution in [0.25, 0.3) is 10.9 Å². The SMILES string of the molecule is C=CCOc1ccccc1OCC(O)CNC(C)C.CC(C)(C)NCC(O)COc1cccc2c1C[C@H](O)[C@H](O)C2.CC(C)NCC(O)COc1cccc2[nH]ccc12.CC(CCc1ccccc1)NCC(O)c1ccc(O)c(C(N)=O)c1. The number of β-amino-alcohol motifs (C(OH)–C–C–N with tert-alkyl or cyclic N) is 1. The molecule has 0 saturated heterocycles. The number of para-hydroxylation sites is 2. The number of aliphatic hydroxyl groups is 6. The van der Waals surface area contributed by atoms with Crippen LogP contribution in [0.5, 0.6) is 28.7 Å². The van der Waals surface area contributed by atoms with Crippen molar-refractivity contribution in [3.05, 3.63) is 162 Å². The Kier molecular flexibility index (Phi) is 30.1. The Hall–Kier alpha value is -6.55.